The lowest BCUT2D eigenvalue weighted by molar-refractivity contribution is 0.0600. The number of rotatable bonds is 22. The summed E-state index contributed by atoms with van der Waals surface area (Å²) in [5, 5.41) is 15.6. The molecule has 10 aromatic heterocycles. The molecule has 654 valence electrons. The molecule has 20 rings (SSSR count). The van der Waals surface area contributed by atoms with Gasteiger partial charge in [0.25, 0.3) is 10.0 Å². The Bertz CT molecular complexity index is 7020. The standard InChI is InChI=1S/C22H18N2O5S.C22H20N2O2.C21H17ClN2O.C21H17FN2O.C21H18N2O2/c1-28-18-7-9-19(10-8-18)30(26,27)24-14-12-16-11-13-23-20(21(16)24)15-3-5-17(6-4-15)22(25)29-2;1-25-19-7-3-16(4-8-19)15-24-14-12-18-11-13-23-21(22(18)24)17-5-9-20(26-2)10-6-17;2*1-25-19-8-2-15(3-9-19)14-24-13-11-17-10-12-23-20(21(17)24)16-4-6-18(22)7-5-16;1-25-19-8-2-15(3-9-19)14-23-13-11-17-10-12-22-20(21(17)23)16-4-6-18(24)7-5-16/h3-14H,1-2H3;3-14H,15H2,1-2H3;2*2-13H,14H2,1H3;2-13,24H,14H2,1H3. The van der Waals surface area contributed by atoms with E-state index in [1.54, 1.807) is 121 Å². The number of ether oxygens (including phenoxy) is 7. The first-order valence-corrected chi connectivity index (χ1v) is 43.6. The van der Waals surface area contributed by atoms with Crippen LogP contribution in [0.25, 0.3) is 111 Å². The monoisotopic (exact) mass is 1780 g/mol. The van der Waals surface area contributed by atoms with E-state index in [9.17, 15) is 22.7 Å². The van der Waals surface area contributed by atoms with Crippen molar-refractivity contribution < 1.29 is 55.9 Å². The zero-order valence-electron chi connectivity index (χ0n) is 72.6. The minimum absolute atomic E-state index is 0.136. The molecule has 131 heavy (non-hydrogen) atoms. The third-order valence-electron chi connectivity index (χ3n) is 22.3. The number of fused-ring (bicyclic) bond motifs is 5. The van der Waals surface area contributed by atoms with Crippen LogP contribution in [0, 0.1) is 5.82 Å². The lowest BCUT2D eigenvalue weighted by atomic mass is 10.1. The minimum Gasteiger partial charge on any atom is -0.508 e. The molecule has 0 aliphatic rings. The second-order valence-electron chi connectivity index (χ2n) is 30.3. The van der Waals surface area contributed by atoms with E-state index in [4.69, 9.17) is 44.8 Å². The Hall–Kier alpha value is -16.1. The summed E-state index contributed by atoms with van der Waals surface area (Å²) in [4.78, 5) is 34.7. The van der Waals surface area contributed by atoms with E-state index in [1.807, 2.05) is 152 Å². The number of esters is 1. The molecule has 10 heterocycles. The molecule has 10 aromatic carbocycles. The molecule has 0 saturated carbocycles. The third kappa shape index (κ3) is 20.3. The lowest BCUT2D eigenvalue weighted by Gasteiger charge is -2.11. The van der Waals surface area contributed by atoms with Crippen LogP contribution in [0.2, 0.25) is 5.02 Å². The largest absolute Gasteiger partial charge is 0.508 e. The second-order valence-corrected chi connectivity index (χ2v) is 32.6. The molecule has 24 heteroatoms. The first-order valence-electron chi connectivity index (χ1n) is 41.7. The Balaban J connectivity index is 0.000000120. The van der Waals surface area contributed by atoms with Gasteiger partial charge in [0.2, 0.25) is 0 Å². The SMILES string of the molecule is COC(=O)c1ccc(-c2nccc3ccn(S(=O)(=O)c4ccc(OC)cc4)c23)cc1.COc1ccc(Cn2ccc3ccnc(-c4ccc(Cl)cc4)c32)cc1.COc1ccc(Cn2ccc3ccnc(-c4ccc(F)cc4)c32)cc1.COc1ccc(Cn2ccc3ccnc(-c4ccc(O)cc4)c32)cc1.COc1ccc(Cn2ccc3ccnc(-c4ccc(OC)cc4)c32)cc1. The fraction of sp³-hybridized carbons (Fsp3) is 0.103. The molecule has 0 atom stereocenters. The van der Waals surface area contributed by atoms with E-state index in [0.29, 0.717) is 28.1 Å². The van der Waals surface area contributed by atoms with Gasteiger partial charge in [-0.25, -0.2) is 21.6 Å². The third-order valence-corrected chi connectivity index (χ3v) is 24.2. The van der Waals surface area contributed by atoms with Gasteiger partial charge in [0.15, 0.2) is 0 Å². The number of hydrogen-bond donors (Lipinski definition) is 1. The van der Waals surface area contributed by atoms with Gasteiger partial charge in [-0.1, -0.05) is 84.4 Å². The smallest absolute Gasteiger partial charge is 0.337 e. The predicted molar refractivity (Wildman–Crippen MR) is 514 cm³/mol. The minimum atomic E-state index is -3.86. The number of phenols is 1. The van der Waals surface area contributed by atoms with Crippen molar-refractivity contribution in [2.24, 2.45) is 0 Å². The highest BCUT2D eigenvalue weighted by Gasteiger charge is 2.24. The summed E-state index contributed by atoms with van der Waals surface area (Å²) in [5.74, 6) is 4.40. The zero-order chi connectivity index (χ0) is 90.9. The van der Waals surface area contributed by atoms with Crippen molar-refractivity contribution in [2.75, 3.05) is 49.8 Å². The quantitative estimate of drug-likeness (QED) is 0.0623. The van der Waals surface area contributed by atoms with E-state index in [2.05, 4.69) is 141 Å². The first kappa shape index (κ1) is 88.3. The maximum atomic E-state index is 13.3. The van der Waals surface area contributed by atoms with Gasteiger partial charge in [-0.15, -0.1) is 0 Å². The van der Waals surface area contributed by atoms with Crippen LogP contribution in [0.4, 0.5) is 4.39 Å². The molecule has 0 aliphatic heterocycles. The molecule has 0 saturated heterocycles. The fourth-order valence-corrected chi connectivity index (χ4v) is 17.0. The molecular formula is C107H90ClFN10O11S. The van der Waals surface area contributed by atoms with Gasteiger partial charge in [-0.3, -0.25) is 24.9 Å². The van der Waals surface area contributed by atoms with Crippen LogP contribution in [0.3, 0.4) is 0 Å². The summed E-state index contributed by atoms with van der Waals surface area (Å²) in [6.45, 7) is 3.04. The topological polar surface area (TPSA) is 225 Å². The van der Waals surface area contributed by atoms with Crippen molar-refractivity contribution in [1.82, 2.24) is 47.2 Å². The average molecular weight is 1780 g/mol. The normalized spacial score (nSPS) is 11.0. The van der Waals surface area contributed by atoms with Gasteiger partial charge in [-0.05, 0) is 253 Å². The van der Waals surface area contributed by atoms with E-state index >= 15 is 0 Å². The van der Waals surface area contributed by atoms with Gasteiger partial charge in [0.05, 0.1) is 116 Å². The predicted octanol–water partition coefficient (Wildman–Crippen LogP) is 23.3. The lowest BCUT2D eigenvalue weighted by Crippen LogP contribution is -2.12. The molecular weight excluding hydrogens is 1690 g/mol. The number of carbonyl (C=O) groups is 1. The Labute approximate surface area is 761 Å². The zero-order valence-corrected chi connectivity index (χ0v) is 74.2. The van der Waals surface area contributed by atoms with Gasteiger partial charge < -0.3 is 56.5 Å². The number of aromatic hydroxyl groups is 1. The van der Waals surface area contributed by atoms with Crippen molar-refractivity contribution in [3.63, 3.8) is 0 Å². The number of carbonyl (C=O) groups excluding carboxylic acids is 1. The Kier molecular flexibility index (Phi) is 27.4. The molecule has 0 aliphatic carbocycles. The highest BCUT2D eigenvalue weighted by Crippen LogP contribution is 2.37. The van der Waals surface area contributed by atoms with Crippen LogP contribution in [-0.4, -0.2) is 116 Å². The molecule has 0 unspecified atom stereocenters. The molecule has 21 nitrogen and oxygen atoms in total. The van der Waals surface area contributed by atoms with Crippen molar-refractivity contribution >= 4 is 82.1 Å². The van der Waals surface area contributed by atoms with Crippen molar-refractivity contribution in [3.05, 3.63) is 404 Å². The number of benzene rings is 10. The van der Waals surface area contributed by atoms with E-state index in [1.165, 1.54) is 81.7 Å². The van der Waals surface area contributed by atoms with Gasteiger partial charge >= 0.3 is 5.97 Å². The Morgan fingerprint density at radius 3 is 0.870 bits per heavy atom. The molecule has 0 fully saturated rings. The highest BCUT2D eigenvalue weighted by molar-refractivity contribution is 7.90. The van der Waals surface area contributed by atoms with Gasteiger partial charge in [0.1, 0.15) is 46.1 Å². The first-order chi connectivity index (χ1) is 64.0. The molecule has 0 radical (unpaired) electrons. The van der Waals surface area contributed by atoms with Crippen LogP contribution in [0.5, 0.6) is 40.2 Å². The summed E-state index contributed by atoms with van der Waals surface area (Å²) < 4.78 is 85.9. The van der Waals surface area contributed by atoms with E-state index in [-0.39, 0.29) is 16.5 Å². The van der Waals surface area contributed by atoms with Crippen LogP contribution < -0.4 is 28.4 Å². The molecule has 0 spiro atoms. The molecule has 0 amide bonds. The number of methoxy groups -OCH3 is 7. The summed E-state index contributed by atoms with van der Waals surface area (Å²) in [5.41, 5.74) is 18.9. The number of nitrogens with zero attached hydrogens (tertiary/aromatic N) is 10. The van der Waals surface area contributed by atoms with Crippen LogP contribution in [0.1, 0.15) is 32.6 Å². The van der Waals surface area contributed by atoms with Gasteiger partial charge in [0, 0.05) is 148 Å². The maximum Gasteiger partial charge on any atom is 0.337 e. The van der Waals surface area contributed by atoms with Crippen molar-refractivity contribution in [3.8, 4) is 96.5 Å². The summed E-state index contributed by atoms with van der Waals surface area (Å²) in [6.07, 6.45) is 18.8. The van der Waals surface area contributed by atoms with Gasteiger partial charge in [-0.2, -0.15) is 0 Å². The Morgan fingerprint density at radius 2 is 0.565 bits per heavy atom. The number of pyridine rings is 5. The number of halogens is 2. The van der Waals surface area contributed by atoms with Crippen LogP contribution in [0.15, 0.2) is 370 Å². The maximum absolute atomic E-state index is 13.3. The molecule has 1 N–H and O–H groups in total. The summed E-state index contributed by atoms with van der Waals surface area (Å²) in [6, 6.07) is 94.8. The van der Waals surface area contributed by atoms with Crippen molar-refractivity contribution in [2.45, 2.75) is 31.1 Å². The Morgan fingerprint density at radius 1 is 0.313 bits per heavy atom. The average Bonchev–Trinajstić information content (AvgIpc) is 1.61. The van der Waals surface area contributed by atoms with Crippen LogP contribution >= 0.6 is 11.6 Å². The number of hydrogen-bond acceptors (Lipinski definition) is 16. The molecule has 0 bridgehead atoms. The van der Waals surface area contributed by atoms with E-state index < -0.39 is 16.0 Å². The van der Waals surface area contributed by atoms with Crippen LogP contribution in [-0.2, 0) is 40.9 Å². The number of phenolic OH excluding ortho intramolecular Hbond substituents is 1. The number of aromatic nitrogens is 10. The highest BCUT2D eigenvalue weighted by atomic mass is 35.5. The van der Waals surface area contributed by atoms with Crippen molar-refractivity contribution in [1.29, 1.82) is 0 Å². The summed E-state index contributed by atoms with van der Waals surface area (Å²) >= 11 is 6.02. The molecule has 20 aromatic rings. The summed E-state index contributed by atoms with van der Waals surface area (Å²) in [7, 11) is 7.35. The van der Waals surface area contributed by atoms with E-state index in [0.717, 1.165) is 143 Å². The fourth-order valence-electron chi connectivity index (χ4n) is 15.5. The second kappa shape index (κ2) is 40.7.